The smallest absolute Gasteiger partial charge is 0.326 e. The van der Waals surface area contributed by atoms with Gasteiger partial charge < -0.3 is 20.1 Å². The monoisotopic (exact) mass is 404 g/mol. The van der Waals surface area contributed by atoms with E-state index in [4.69, 9.17) is 21.1 Å². The quantitative estimate of drug-likeness (QED) is 0.658. The number of hydrogen-bond acceptors (Lipinski definition) is 5. The van der Waals surface area contributed by atoms with Crippen LogP contribution in [0.4, 0.5) is 0 Å². The Labute approximate surface area is 168 Å². The van der Waals surface area contributed by atoms with Crippen LogP contribution < -0.4 is 15.4 Å². The van der Waals surface area contributed by atoms with Crippen molar-refractivity contribution in [2.75, 3.05) is 13.7 Å². The van der Waals surface area contributed by atoms with Gasteiger partial charge in [-0.3, -0.25) is 14.4 Å². The Balaban J connectivity index is 1.73. The summed E-state index contributed by atoms with van der Waals surface area (Å²) in [6.45, 7) is 1.40. The lowest BCUT2D eigenvalue weighted by Gasteiger charge is -2.14. The lowest BCUT2D eigenvalue weighted by Crippen LogP contribution is -2.38. The summed E-state index contributed by atoms with van der Waals surface area (Å²) in [4.78, 5) is 35.8. The number of ether oxygens (including phenoxy) is 2. The highest BCUT2D eigenvalue weighted by Gasteiger charge is 2.18. The molecule has 1 atom stereocenters. The van der Waals surface area contributed by atoms with Gasteiger partial charge in [0, 0.05) is 17.1 Å². The first-order valence-corrected chi connectivity index (χ1v) is 8.90. The molecule has 0 unspecified atom stereocenters. The van der Waals surface area contributed by atoms with Crippen molar-refractivity contribution in [1.29, 1.82) is 0 Å². The number of hydrogen-bond donors (Lipinski definition) is 2. The van der Waals surface area contributed by atoms with Crippen LogP contribution in [-0.2, 0) is 20.9 Å². The molecule has 0 spiro atoms. The van der Waals surface area contributed by atoms with Crippen LogP contribution in [0.2, 0.25) is 5.02 Å². The first kappa shape index (κ1) is 21.2. The van der Waals surface area contributed by atoms with E-state index in [1.165, 1.54) is 19.1 Å². The number of benzene rings is 2. The third-order valence-corrected chi connectivity index (χ3v) is 4.05. The van der Waals surface area contributed by atoms with E-state index in [1.807, 2.05) is 12.1 Å². The van der Waals surface area contributed by atoms with E-state index < -0.39 is 23.9 Å². The number of amides is 2. The van der Waals surface area contributed by atoms with Crippen molar-refractivity contribution in [3.05, 3.63) is 64.7 Å². The number of nitrogens with one attached hydrogen (secondary N) is 2. The number of methoxy groups -OCH3 is 1. The SMILES string of the molecule is COc1ccc(CNC(=O)[C@H](C)OC(=O)CNC(=O)c2ccc(Cl)cc2)cc1. The van der Waals surface area contributed by atoms with Crippen molar-refractivity contribution in [2.45, 2.75) is 19.6 Å². The normalized spacial score (nSPS) is 11.2. The Morgan fingerprint density at radius 2 is 1.64 bits per heavy atom. The van der Waals surface area contributed by atoms with Crippen LogP contribution >= 0.6 is 11.6 Å². The van der Waals surface area contributed by atoms with E-state index >= 15 is 0 Å². The summed E-state index contributed by atoms with van der Waals surface area (Å²) in [7, 11) is 1.57. The van der Waals surface area contributed by atoms with Crippen LogP contribution in [0.25, 0.3) is 0 Å². The lowest BCUT2D eigenvalue weighted by molar-refractivity contribution is -0.153. The maximum Gasteiger partial charge on any atom is 0.326 e. The van der Waals surface area contributed by atoms with E-state index in [0.29, 0.717) is 10.6 Å². The Hall–Kier alpha value is -3.06. The summed E-state index contributed by atoms with van der Waals surface area (Å²) in [5, 5.41) is 5.62. The minimum Gasteiger partial charge on any atom is -0.497 e. The minimum absolute atomic E-state index is 0.290. The standard InChI is InChI=1S/C20H21ClN2O5/c1-13(19(25)22-11-14-3-9-17(27-2)10-4-14)28-18(24)12-23-20(26)15-5-7-16(21)8-6-15/h3-10,13H,11-12H2,1-2H3,(H,22,25)(H,23,26)/t13-/m0/s1. The molecule has 2 amide bonds. The lowest BCUT2D eigenvalue weighted by atomic mass is 10.2. The first-order valence-electron chi connectivity index (χ1n) is 8.53. The van der Waals surface area contributed by atoms with Crippen molar-refractivity contribution in [2.24, 2.45) is 0 Å². The molecule has 2 N–H and O–H groups in total. The molecule has 0 fully saturated rings. The number of rotatable bonds is 8. The molecule has 0 bridgehead atoms. The molecular weight excluding hydrogens is 384 g/mol. The highest BCUT2D eigenvalue weighted by Crippen LogP contribution is 2.11. The number of halogens is 1. The van der Waals surface area contributed by atoms with Gasteiger partial charge in [0.2, 0.25) is 0 Å². The molecular formula is C20H21ClN2O5. The second-order valence-corrected chi connectivity index (χ2v) is 6.32. The molecule has 0 aliphatic heterocycles. The molecule has 148 valence electrons. The summed E-state index contributed by atoms with van der Waals surface area (Å²) >= 11 is 5.76. The Morgan fingerprint density at radius 1 is 1.00 bits per heavy atom. The van der Waals surface area contributed by atoms with E-state index in [1.54, 1.807) is 31.4 Å². The molecule has 0 aromatic heterocycles. The summed E-state index contributed by atoms with van der Waals surface area (Å²) in [6.07, 6.45) is -0.988. The Kier molecular flexibility index (Phi) is 7.83. The van der Waals surface area contributed by atoms with Gasteiger partial charge in [-0.2, -0.15) is 0 Å². The predicted octanol–water partition coefficient (Wildman–Crippen LogP) is 2.33. The zero-order valence-electron chi connectivity index (χ0n) is 15.5. The van der Waals surface area contributed by atoms with E-state index in [0.717, 1.165) is 11.3 Å². The molecule has 7 nitrogen and oxygen atoms in total. The molecule has 0 aliphatic rings. The fourth-order valence-electron chi connectivity index (χ4n) is 2.22. The van der Waals surface area contributed by atoms with Crippen LogP contribution in [-0.4, -0.2) is 37.5 Å². The highest BCUT2D eigenvalue weighted by molar-refractivity contribution is 6.30. The molecule has 0 saturated carbocycles. The fourth-order valence-corrected chi connectivity index (χ4v) is 2.35. The molecule has 0 radical (unpaired) electrons. The van der Waals surface area contributed by atoms with Gasteiger partial charge in [-0.15, -0.1) is 0 Å². The zero-order valence-corrected chi connectivity index (χ0v) is 16.3. The van der Waals surface area contributed by atoms with Crippen molar-refractivity contribution >= 4 is 29.4 Å². The van der Waals surface area contributed by atoms with Gasteiger partial charge in [-0.1, -0.05) is 23.7 Å². The average molecular weight is 405 g/mol. The van der Waals surface area contributed by atoms with Gasteiger partial charge in [0.25, 0.3) is 11.8 Å². The molecule has 2 aromatic carbocycles. The number of carbonyl (C=O) groups excluding carboxylic acids is 3. The van der Waals surface area contributed by atoms with Crippen molar-refractivity contribution in [3.63, 3.8) is 0 Å². The maximum atomic E-state index is 12.1. The summed E-state index contributed by atoms with van der Waals surface area (Å²) in [5.74, 6) is -0.870. The Morgan fingerprint density at radius 3 is 2.25 bits per heavy atom. The van der Waals surface area contributed by atoms with E-state index in [-0.39, 0.29) is 13.1 Å². The molecule has 28 heavy (non-hydrogen) atoms. The van der Waals surface area contributed by atoms with Gasteiger partial charge in [-0.05, 0) is 48.9 Å². The summed E-state index contributed by atoms with van der Waals surface area (Å²) < 4.78 is 10.1. The fraction of sp³-hybridized carbons (Fsp3) is 0.250. The van der Waals surface area contributed by atoms with Gasteiger partial charge >= 0.3 is 5.97 Å². The first-order chi connectivity index (χ1) is 13.4. The van der Waals surface area contributed by atoms with Gasteiger partial charge in [-0.25, -0.2) is 0 Å². The predicted molar refractivity (Wildman–Crippen MR) is 104 cm³/mol. The molecule has 0 aliphatic carbocycles. The highest BCUT2D eigenvalue weighted by atomic mass is 35.5. The van der Waals surface area contributed by atoms with Crippen LogP contribution in [0, 0.1) is 0 Å². The van der Waals surface area contributed by atoms with E-state index in [2.05, 4.69) is 10.6 Å². The largest absolute Gasteiger partial charge is 0.497 e. The van der Waals surface area contributed by atoms with Gasteiger partial charge in [0.1, 0.15) is 12.3 Å². The van der Waals surface area contributed by atoms with Crippen LogP contribution in [0.3, 0.4) is 0 Å². The topological polar surface area (TPSA) is 93.7 Å². The summed E-state index contributed by atoms with van der Waals surface area (Å²) in [6, 6.07) is 13.4. The third kappa shape index (κ3) is 6.59. The summed E-state index contributed by atoms with van der Waals surface area (Å²) in [5.41, 5.74) is 1.24. The average Bonchev–Trinajstić information content (AvgIpc) is 2.71. The van der Waals surface area contributed by atoms with Crippen LogP contribution in [0.5, 0.6) is 5.75 Å². The van der Waals surface area contributed by atoms with Crippen LogP contribution in [0.1, 0.15) is 22.8 Å². The second-order valence-electron chi connectivity index (χ2n) is 5.89. The second kappa shape index (κ2) is 10.3. The van der Waals surface area contributed by atoms with Crippen molar-refractivity contribution in [1.82, 2.24) is 10.6 Å². The zero-order chi connectivity index (χ0) is 20.5. The maximum absolute atomic E-state index is 12.1. The van der Waals surface area contributed by atoms with Crippen molar-refractivity contribution in [3.8, 4) is 5.75 Å². The minimum atomic E-state index is -0.988. The molecule has 2 rings (SSSR count). The Bertz CT molecular complexity index is 821. The van der Waals surface area contributed by atoms with Crippen molar-refractivity contribution < 1.29 is 23.9 Å². The molecule has 0 saturated heterocycles. The molecule has 8 heteroatoms. The van der Waals surface area contributed by atoms with Crippen LogP contribution in [0.15, 0.2) is 48.5 Å². The van der Waals surface area contributed by atoms with Gasteiger partial charge in [0.05, 0.1) is 7.11 Å². The number of carbonyl (C=O) groups is 3. The van der Waals surface area contributed by atoms with E-state index in [9.17, 15) is 14.4 Å². The number of esters is 1. The third-order valence-electron chi connectivity index (χ3n) is 3.80. The van der Waals surface area contributed by atoms with Gasteiger partial charge in [0.15, 0.2) is 6.10 Å². The molecule has 2 aromatic rings. The molecule has 0 heterocycles.